The quantitative estimate of drug-likeness (QED) is 0.891. The number of benzene rings is 2. The summed E-state index contributed by atoms with van der Waals surface area (Å²) >= 11 is 0. The molecule has 0 saturated heterocycles. The molecule has 0 aromatic heterocycles. The van der Waals surface area contributed by atoms with Gasteiger partial charge in [-0.2, -0.15) is 0 Å². The average molecular weight is 254 g/mol. The monoisotopic (exact) mass is 254 g/mol. The molecular weight excluding hydrogens is 240 g/mol. The lowest BCUT2D eigenvalue weighted by Crippen LogP contribution is -2.18. The molecule has 0 saturated carbocycles. The molecular formula is C16H14O3. The van der Waals surface area contributed by atoms with Crippen LogP contribution in [0.2, 0.25) is 0 Å². The number of para-hydroxylation sites is 1. The summed E-state index contributed by atoms with van der Waals surface area (Å²) in [5.41, 5.74) is 2.58. The topological polar surface area (TPSA) is 46.5 Å². The second-order valence-electron chi connectivity index (χ2n) is 4.64. The van der Waals surface area contributed by atoms with Gasteiger partial charge >= 0.3 is 5.97 Å². The smallest absolute Gasteiger partial charge is 0.315 e. The van der Waals surface area contributed by atoms with Crippen LogP contribution in [0.25, 0.3) is 0 Å². The largest absolute Gasteiger partial charge is 0.481 e. The first-order valence-corrected chi connectivity index (χ1v) is 6.33. The van der Waals surface area contributed by atoms with Gasteiger partial charge in [0, 0.05) is 11.1 Å². The number of carboxylic acid groups (broad SMARTS) is 1. The summed E-state index contributed by atoms with van der Waals surface area (Å²) in [4.78, 5) is 11.6. The Bertz CT molecular complexity index is 646. The number of rotatable bonds is 2. The highest BCUT2D eigenvalue weighted by Gasteiger charge is 2.32. The van der Waals surface area contributed by atoms with Gasteiger partial charge in [-0.3, -0.25) is 4.79 Å². The fourth-order valence-corrected chi connectivity index (χ4v) is 2.50. The molecule has 1 aliphatic rings. The zero-order chi connectivity index (χ0) is 13.4. The Hall–Kier alpha value is -2.29. The summed E-state index contributed by atoms with van der Waals surface area (Å²) in [6.07, 6.45) is 0.876. The van der Waals surface area contributed by atoms with Crippen LogP contribution in [0, 0.1) is 0 Å². The maximum Gasteiger partial charge on any atom is 0.315 e. The van der Waals surface area contributed by atoms with Crippen molar-refractivity contribution in [2.24, 2.45) is 0 Å². The Morgan fingerprint density at radius 3 is 2.63 bits per heavy atom. The van der Waals surface area contributed by atoms with Crippen LogP contribution in [0.3, 0.4) is 0 Å². The Morgan fingerprint density at radius 2 is 1.89 bits per heavy atom. The van der Waals surface area contributed by atoms with Crippen molar-refractivity contribution in [3.05, 3.63) is 59.2 Å². The average Bonchev–Trinajstić information content (AvgIpc) is 2.43. The molecule has 1 unspecified atom stereocenters. The van der Waals surface area contributed by atoms with Gasteiger partial charge in [0.05, 0.1) is 0 Å². The highest BCUT2D eigenvalue weighted by molar-refractivity contribution is 5.84. The molecule has 2 aromatic carbocycles. The van der Waals surface area contributed by atoms with Gasteiger partial charge < -0.3 is 9.84 Å². The van der Waals surface area contributed by atoms with Crippen molar-refractivity contribution in [1.82, 2.24) is 0 Å². The lowest BCUT2D eigenvalue weighted by Gasteiger charge is -2.26. The third kappa shape index (κ3) is 1.87. The normalized spacial score (nSPS) is 16.2. The van der Waals surface area contributed by atoms with Gasteiger partial charge in [0.2, 0.25) is 0 Å². The summed E-state index contributed by atoms with van der Waals surface area (Å²) < 4.78 is 5.79. The highest BCUT2D eigenvalue weighted by atomic mass is 16.5. The van der Waals surface area contributed by atoms with Crippen LogP contribution in [0.1, 0.15) is 29.5 Å². The lowest BCUT2D eigenvalue weighted by molar-refractivity contribution is -0.137. The highest BCUT2D eigenvalue weighted by Crippen LogP contribution is 2.44. The van der Waals surface area contributed by atoms with Crippen LogP contribution in [0.15, 0.2) is 42.5 Å². The van der Waals surface area contributed by atoms with Gasteiger partial charge in [-0.1, -0.05) is 37.3 Å². The molecule has 19 heavy (non-hydrogen) atoms. The van der Waals surface area contributed by atoms with Crippen LogP contribution in [0.4, 0.5) is 0 Å². The molecule has 3 rings (SSSR count). The minimum absolute atomic E-state index is 0.631. The number of aliphatic carboxylic acids is 1. The SMILES string of the molecule is CCc1ccc2c(c1)C(C(=O)O)c1ccccc1O2. The Morgan fingerprint density at radius 1 is 1.16 bits per heavy atom. The summed E-state index contributed by atoms with van der Waals surface area (Å²) in [5.74, 6) is -0.216. The van der Waals surface area contributed by atoms with E-state index in [1.54, 1.807) is 0 Å². The molecule has 1 heterocycles. The van der Waals surface area contributed by atoms with E-state index >= 15 is 0 Å². The molecule has 0 radical (unpaired) electrons. The lowest BCUT2D eigenvalue weighted by atomic mass is 9.87. The predicted molar refractivity (Wildman–Crippen MR) is 71.8 cm³/mol. The Kier molecular flexibility index (Phi) is 2.75. The molecule has 1 aliphatic heterocycles. The van der Waals surface area contributed by atoms with Crippen molar-refractivity contribution in [1.29, 1.82) is 0 Å². The summed E-state index contributed by atoms with van der Waals surface area (Å²) in [5, 5.41) is 9.54. The van der Waals surface area contributed by atoms with Crippen LogP contribution >= 0.6 is 0 Å². The second kappa shape index (κ2) is 4.43. The van der Waals surface area contributed by atoms with E-state index in [9.17, 15) is 9.90 Å². The minimum Gasteiger partial charge on any atom is -0.481 e. The number of hydrogen-bond acceptors (Lipinski definition) is 2. The molecule has 3 heteroatoms. The second-order valence-corrected chi connectivity index (χ2v) is 4.64. The van der Waals surface area contributed by atoms with Crippen molar-refractivity contribution < 1.29 is 14.6 Å². The summed E-state index contributed by atoms with van der Waals surface area (Å²) in [7, 11) is 0. The van der Waals surface area contributed by atoms with Crippen LogP contribution < -0.4 is 4.74 Å². The molecule has 2 aromatic rings. The number of hydrogen-bond donors (Lipinski definition) is 1. The fourth-order valence-electron chi connectivity index (χ4n) is 2.50. The molecule has 0 amide bonds. The molecule has 0 bridgehead atoms. The summed E-state index contributed by atoms with van der Waals surface area (Å²) in [6.45, 7) is 2.05. The van der Waals surface area contributed by atoms with Gasteiger partial charge in [0.1, 0.15) is 17.4 Å². The zero-order valence-electron chi connectivity index (χ0n) is 10.6. The molecule has 3 nitrogen and oxygen atoms in total. The first-order valence-electron chi connectivity index (χ1n) is 6.33. The number of fused-ring (bicyclic) bond motifs is 2. The number of carbonyl (C=O) groups is 1. The van der Waals surface area contributed by atoms with Gasteiger partial charge in [0.15, 0.2) is 0 Å². The van der Waals surface area contributed by atoms with Crippen molar-refractivity contribution >= 4 is 5.97 Å². The third-order valence-corrected chi connectivity index (χ3v) is 3.49. The van der Waals surface area contributed by atoms with Gasteiger partial charge in [-0.05, 0) is 24.1 Å². The Labute approximate surface area is 111 Å². The van der Waals surface area contributed by atoms with E-state index in [1.807, 2.05) is 42.5 Å². The molecule has 1 N–H and O–H groups in total. The molecule has 0 aliphatic carbocycles. The van der Waals surface area contributed by atoms with E-state index in [2.05, 4.69) is 6.92 Å². The van der Waals surface area contributed by atoms with Crippen molar-refractivity contribution in [3.63, 3.8) is 0 Å². The number of carboxylic acids is 1. The van der Waals surface area contributed by atoms with Crippen LogP contribution in [0.5, 0.6) is 11.5 Å². The van der Waals surface area contributed by atoms with Gasteiger partial charge in [-0.15, -0.1) is 0 Å². The van der Waals surface area contributed by atoms with Gasteiger partial charge in [0.25, 0.3) is 0 Å². The fraction of sp³-hybridized carbons (Fsp3) is 0.188. The van der Waals surface area contributed by atoms with Crippen molar-refractivity contribution in [3.8, 4) is 11.5 Å². The van der Waals surface area contributed by atoms with Gasteiger partial charge in [-0.25, -0.2) is 0 Å². The van der Waals surface area contributed by atoms with E-state index < -0.39 is 11.9 Å². The number of ether oxygens (including phenoxy) is 1. The van der Waals surface area contributed by atoms with Crippen molar-refractivity contribution in [2.45, 2.75) is 19.3 Å². The van der Waals surface area contributed by atoms with E-state index in [4.69, 9.17) is 4.74 Å². The van der Waals surface area contributed by atoms with E-state index in [0.29, 0.717) is 11.5 Å². The molecule has 1 atom stereocenters. The molecule has 0 spiro atoms. The Balaban J connectivity index is 2.21. The van der Waals surface area contributed by atoms with E-state index in [1.165, 1.54) is 0 Å². The maximum atomic E-state index is 11.6. The maximum absolute atomic E-state index is 11.6. The summed E-state index contributed by atoms with van der Waals surface area (Å²) in [6, 6.07) is 13.1. The standard InChI is InChI=1S/C16H14O3/c1-2-10-7-8-14-12(9-10)15(16(17)18)11-5-3-4-6-13(11)19-14/h3-9,15H,2H2,1H3,(H,17,18). The van der Waals surface area contributed by atoms with Crippen molar-refractivity contribution in [2.75, 3.05) is 0 Å². The predicted octanol–water partition coefficient (Wildman–Crippen LogP) is 3.57. The first-order chi connectivity index (χ1) is 9.20. The molecule has 0 fully saturated rings. The first kappa shape index (κ1) is 11.8. The molecule has 96 valence electrons. The van der Waals surface area contributed by atoms with E-state index in [-0.39, 0.29) is 0 Å². The zero-order valence-corrected chi connectivity index (χ0v) is 10.6. The van der Waals surface area contributed by atoms with Crippen LogP contribution in [-0.2, 0) is 11.2 Å². The minimum atomic E-state index is -0.842. The third-order valence-electron chi connectivity index (χ3n) is 3.49. The van der Waals surface area contributed by atoms with Crippen LogP contribution in [-0.4, -0.2) is 11.1 Å². The number of aryl methyl sites for hydroxylation is 1. The van der Waals surface area contributed by atoms with E-state index in [0.717, 1.165) is 23.1 Å².